The average Bonchev–Trinajstić information content (AvgIpc) is 3.31. The molecule has 0 saturated carbocycles. The van der Waals surface area contributed by atoms with Crippen LogP contribution in [0.5, 0.6) is 5.88 Å². The highest BCUT2D eigenvalue weighted by Crippen LogP contribution is 2.35. The Kier molecular flexibility index (Phi) is 4.33. The van der Waals surface area contributed by atoms with Crippen LogP contribution >= 0.6 is 0 Å². The molecule has 2 aromatic heterocycles. The number of ether oxygens (including phenoxy) is 1. The summed E-state index contributed by atoms with van der Waals surface area (Å²) in [5.41, 5.74) is 3.49. The Morgan fingerprint density at radius 1 is 1.20 bits per heavy atom. The Bertz CT molecular complexity index is 1000. The van der Waals surface area contributed by atoms with Crippen LogP contribution in [0.3, 0.4) is 0 Å². The lowest BCUT2D eigenvalue weighted by atomic mass is 9.96. The van der Waals surface area contributed by atoms with Crippen LogP contribution in [0.25, 0.3) is 0 Å². The van der Waals surface area contributed by atoms with Crippen LogP contribution in [0, 0.1) is 12.8 Å². The van der Waals surface area contributed by atoms with E-state index in [0.29, 0.717) is 45.1 Å². The van der Waals surface area contributed by atoms with Gasteiger partial charge < -0.3 is 14.5 Å². The van der Waals surface area contributed by atoms with Gasteiger partial charge in [0.05, 0.1) is 24.4 Å². The number of carbonyl (C=O) groups excluding carboxylic acids is 1. The number of hydrogen-bond donors (Lipinski definition) is 0. The van der Waals surface area contributed by atoms with Gasteiger partial charge in [0.2, 0.25) is 17.7 Å². The first-order chi connectivity index (χ1) is 14.3. The molecule has 0 N–H and O–H groups in total. The molecular weight excluding hydrogens is 399 g/mol. The molecule has 0 unspecified atom stereocenters. The number of aromatic nitrogens is 3. The monoisotopic (exact) mass is 419 g/mol. The molecule has 0 atom stereocenters. The fourth-order valence-corrected chi connectivity index (χ4v) is 4.29. The number of amides is 1. The quantitative estimate of drug-likeness (QED) is 0.762. The second kappa shape index (κ2) is 6.82. The van der Waals surface area contributed by atoms with Crippen LogP contribution in [0.4, 0.5) is 19.1 Å². The van der Waals surface area contributed by atoms with Crippen molar-refractivity contribution in [3.05, 3.63) is 40.3 Å². The lowest BCUT2D eigenvalue weighted by Crippen LogP contribution is -2.49. The molecule has 30 heavy (non-hydrogen) atoms. The lowest BCUT2D eigenvalue weighted by Gasteiger charge is -2.39. The van der Waals surface area contributed by atoms with Gasteiger partial charge in [-0.25, -0.2) is 15.0 Å². The van der Waals surface area contributed by atoms with Crippen molar-refractivity contribution in [1.82, 2.24) is 19.9 Å². The maximum absolute atomic E-state index is 12.8. The first kappa shape index (κ1) is 19.1. The summed E-state index contributed by atoms with van der Waals surface area (Å²) in [6.07, 6.45) is -1.62. The summed E-state index contributed by atoms with van der Waals surface area (Å²) in [5, 5.41) is 0. The number of alkyl halides is 3. The molecule has 1 saturated heterocycles. The molecule has 1 amide bonds. The van der Waals surface area contributed by atoms with Gasteiger partial charge in [0, 0.05) is 56.4 Å². The molecule has 10 heteroatoms. The van der Waals surface area contributed by atoms with Gasteiger partial charge in [-0.3, -0.25) is 4.79 Å². The first-order valence-corrected chi connectivity index (χ1v) is 9.85. The topological polar surface area (TPSA) is 71.5 Å². The summed E-state index contributed by atoms with van der Waals surface area (Å²) < 4.78 is 43.4. The van der Waals surface area contributed by atoms with E-state index in [4.69, 9.17) is 4.74 Å². The normalized spacial score (nSPS) is 18.1. The van der Waals surface area contributed by atoms with Crippen molar-refractivity contribution in [3.8, 4) is 5.88 Å². The Balaban J connectivity index is 1.17. The predicted molar refractivity (Wildman–Crippen MR) is 99.8 cm³/mol. The maximum atomic E-state index is 12.8. The van der Waals surface area contributed by atoms with E-state index in [1.807, 2.05) is 4.90 Å². The maximum Gasteiger partial charge on any atom is 0.419 e. The minimum absolute atomic E-state index is 0.0615. The number of fused-ring (bicyclic) bond motifs is 2. The fraction of sp³-hybridized carbons (Fsp3) is 0.500. The van der Waals surface area contributed by atoms with Crippen molar-refractivity contribution in [3.63, 3.8) is 0 Å². The largest absolute Gasteiger partial charge is 0.477 e. The summed E-state index contributed by atoms with van der Waals surface area (Å²) in [4.78, 5) is 28.6. The molecular formula is C20H20F3N5O2. The number of carbonyl (C=O) groups is 1. The van der Waals surface area contributed by atoms with Gasteiger partial charge in [0.1, 0.15) is 0 Å². The Labute approximate surface area is 170 Å². The highest BCUT2D eigenvalue weighted by atomic mass is 19.4. The number of nitrogens with zero attached hydrogens (tertiary/aromatic N) is 5. The van der Waals surface area contributed by atoms with Gasteiger partial charge in [0.25, 0.3) is 0 Å². The molecule has 2 aromatic rings. The lowest BCUT2D eigenvalue weighted by molar-refractivity contribution is -0.138. The van der Waals surface area contributed by atoms with Gasteiger partial charge in [0.15, 0.2) is 0 Å². The SMILES string of the molecule is Cc1c2c(nc3c1CCO3)CN(C(=O)CC1CN(c3ncc(C(F)(F)F)cn3)C1)C2. The highest BCUT2D eigenvalue weighted by Gasteiger charge is 2.36. The Morgan fingerprint density at radius 3 is 2.63 bits per heavy atom. The number of pyridine rings is 1. The fourth-order valence-electron chi connectivity index (χ4n) is 4.29. The third-order valence-electron chi connectivity index (χ3n) is 6.05. The second-order valence-electron chi connectivity index (χ2n) is 8.04. The third-order valence-corrected chi connectivity index (χ3v) is 6.05. The third kappa shape index (κ3) is 3.23. The van der Waals surface area contributed by atoms with E-state index < -0.39 is 11.7 Å². The zero-order valence-corrected chi connectivity index (χ0v) is 16.4. The molecule has 0 aromatic carbocycles. The second-order valence-corrected chi connectivity index (χ2v) is 8.04. The van der Waals surface area contributed by atoms with Crippen LogP contribution < -0.4 is 9.64 Å². The zero-order valence-electron chi connectivity index (χ0n) is 16.4. The summed E-state index contributed by atoms with van der Waals surface area (Å²) in [6, 6.07) is 0. The van der Waals surface area contributed by atoms with E-state index in [0.717, 1.165) is 35.6 Å². The zero-order chi connectivity index (χ0) is 21.0. The van der Waals surface area contributed by atoms with Crippen molar-refractivity contribution in [2.45, 2.75) is 39.0 Å². The van der Waals surface area contributed by atoms with Crippen molar-refractivity contribution in [2.24, 2.45) is 5.92 Å². The van der Waals surface area contributed by atoms with Crippen LogP contribution in [0.15, 0.2) is 12.4 Å². The summed E-state index contributed by atoms with van der Waals surface area (Å²) in [7, 11) is 0. The molecule has 0 aliphatic carbocycles. The van der Waals surface area contributed by atoms with E-state index in [-0.39, 0.29) is 17.8 Å². The molecule has 0 radical (unpaired) electrons. The van der Waals surface area contributed by atoms with Crippen molar-refractivity contribution in [1.29, 1.82) is 0 Å². The first-order valence-electron chi connectivity index (χ1n) is 9.85. The summed E-state index contributed by atoms with van der Waals surface area (Å²) in [5.74, 6) is 1.15. The summed E-state index contributed by atoms with van der Waals surface area (Å²) in [6.45, 7) is 4.89. The van der Waals surface area contributed by atoms with Crippen LogP contribution in [-0.4, -0.2) is 45.5 Å². The molecule has 5 heterocycles. The number of anilines is 1. The van der Waals surface area contributed by atoms with Crippen molar-refractivity contribution < 1.29 is 22.7 Å². The van der Waals surface area contributed by atoms with Gasteiger partial charge >= 0.3 is 6.18 Å². The number of rotatable bonds is 3. The van der Waals surface area contributed by atoms with Crippen molar-refractivity contribution >= 4 is 11.9 Å². The predicted octanol–water partition coefficient (Wildman–Crippen LogP) is 2.50. The van der Waals surface area contributed by atoms with E-state index in [2.05, 4.69) is 21.9 Å². The van der Waals surface area contributed by atoms with E-state index in [9.17, 15) is 18.0 Å². The minimum Gasteiger partial charge on any atom is -0.477 e. The van der Waals surface area contributed by atoms with E-state index in [1.54, 1.807) is 4.90 Å². The van der Waals surface area contributed by atoms with E-state index >= 15 is 0 Å². The van der Waals surface area contributed by atoms with Gasteiger partial charge in [-0.05, 0) is 18.1 Å². The van der Waals surface area contributed by atoms with E-state index in [1.165, 1.54) is 5.56 Å². The average molecular weight is 419 g/mol. The molecule has 0 bridgehead atoms. The molecule has 3 aliphatic rings. The van der Waals surface area contributed by atoms with Gasteiger partial charge in [-0.15, -0.1) is 0 Å². The minimum atomic E-state index is -4.45. The van der Waals surface area contributed by atoms with Gasteiger partial charge in [-0.1, -0.05) is 0 Å². The van der Waals surface area contributed by atoms with Gasteiger partial charge in [-0.2, -0.15) is 13.2 Å². The van der Waals surface area contributed by atoms with Crippen LogP contribution in [0.1, 0.15) is 34.4 Å². The molecule has 3 aliphatic heterocycles. The smallest absolute Gasteiger partial charge is 0.419 e. The van der Waals surface area contributed by atoms with Crippen LogP contribution in [0.2, 0.25) is 0 Å². The molecule has 158 valence electrons. The van der Waals surface area contributed by atoms with Crippen LogP contribution in [-0.2, 0) is 30.5 Å². The molecule has 5 rings (SSSR count). The summed E-state index contributed by atoms with van der Waals surface area (Å²) >= 11 is 0. The molecule has 7 nitrogen and oxygen atoms in total. The standard InChI is InChI=1S/C20H20F3N5O2/c1-11-14-2-3-30-18(14)26-16-10-27(9-15(11)16)17(29)4-12-7-28(8-12)19-24-5-13(6-25-19)20(21,22)23/h5-6,12H,2-4,7-10H2,1H3. The molecule has 0 spiro atoms. The number of halogens is 3. The van der Waals surface area contributed by atoms with Crippen molar-refractivity contribution in [2.75, 3.05) is 24.6 Å². The Morgan fingerprint density at radius 2 is 1.93 bits per heavy atom. The Hall–Kier alpha value is -2.91. The number of hydrogen-bond acceptors (Lipinski definition) is 6. The molecule has 1 fully saturated rings. The highest BCUT2D eigenvalue weighted by molar-refractivity contribution is 5.77.